The molecule has 0 unspecified atom stereocenters. The Morgan fingerprint density at radius 2 is 2.09 bits per heavy atom. The van der Waals surface area contributed by atoms with E-state index in [9.17, 15) is 9.59 Å². The van der Waals surface area contributed by atoms with Crippen molar-refractivity contribution < 1.29 is 9.59 Å². The number of hydrogen-bond donors (Lipinski definition) is 1. The van der Waals surface area contributed by atoms with Gasteiger partial charge in [0.2, 0.25) is 0 Å². The molecular weight excluding hydrogens is 300 g/mol. The molecule has 1 aromatic carbocycles. The lowest BCUT2D eigenvalue weighted by molar-refractivity contribution is 0.0827. The van der Waals surface area contributed by atoms with Crippen LogP contribution in [0.1, 0.15) is 38.2 Å². The van der Waals surface area contributed by atoms with Crippen molar-refractivity contribution >= 4 is 23.3 Å². The third-order valence-electron chi connectivity index (χ3n) is 3.13. The number of aryl methyl sites for hydroxylation is 1. The molecule has 2 amide bonds. The number of aromatic nitrogens is 2. The molecule has 0 saturated heterocycles. The minimum Gasteiger partial charge on any atom is -0.347 e. The Kier molecular flexibility index (Phi) is 5.21. The normalized spacial score (nSPS) is 10.3. The Morgan fingerprint density at radius 1 is 1.32 bits per heavy atom. The lowest BCUT2D eigenvalue weighted by Crippen LogP contribution is -2.24. The molecule has 1 aromatic heterocycles. The molecule has 6 nitrogen and oxygen atoms in total. The second-order valence-electron chi connectivity index (χ2n) is 4.98. The summed E-state index contributed by atoms with van der Waals surface area (Å²) in [6.45, 7) is 2.29. The second kappa shape index (κ2) is 7.13. The Balaban J connectivity index is 2.04. The number of rotatable bonds is 5. The van der Waals surface area contributed by atoms with Gasteiger partial charge in [-0.2, -0.15) is 0 Å². The summed E-state index contributed by atoms with van der Waals surface area (Å²) in [5, 5.41) is 6.76. The first-order valence-electron chi connectivity index (χ1n) is 6.93. The standard InChI is InChI=1S/C15H18N4O2S/c1-4-12-13(22-18-17-12)14(20)16-9-10-6-5-7-11(8-10)15(21)19(2)3/h5-8H,4,9H2,1-3H3,(H,16,20). The van der Waals surface area contributed by atoms with Gasteiger partial charge in [-0.15, -0.1) is 5.10 Å². The summed E-state index contributed by atoms with van der Waals surface area (Å²) < 4.78 is 3.81. The number of hydrogen-bond acceptors (Lipinski definition) is 5. The third kappa shape index (κ3) is 3.67. The van der Waals surface area contributed by atoms with Crippen LogP contribution in [0.3, 0.4) is 0 Å². The van der Waals surface area contributed by atoms with Crippen molar-refractivity contribution in [2.24, 2.45) is 0 Å². The molecule has 0 aliphatic heterocycles. The van der Waals surface area contributed by atoms with Gasteiger partial charge in [0.1, 0.15) is 4.88 Å². The summed E-state index contributed by atoms with van der Waals surface area (Å²) in [5.74, 6) is -0.246. The van der Waals surface area contributed by atoms with Gasteiger partial charge in [-0.25, -0.2) is 0 Å². The molecule has 0 spiro atoms. The van der Waals surface area contributed by atoms with Crippen LogP contribution in [-0.4, -0.2) is 40.4 Å². The molecule has 2 rings (SSSR count). The Morgan fingerprint density at radius 3 is 2.77 bits per heavy atom. The van der Waals surface area contributed by atoms with Gasteiger partial charge in [-0.05, 0) is 35.6 Å². The zero-order chi connectivity index (χ0) is 16.1. The summed E-state index contributed by atoms with van der Waals surface area (Å²) >= 11 is 1.10. The molecule has 1 N–H and O–H groups in total. The SMILES string of the molecule is CCc1nnsc1C(=O)NCc1cccc(C(=O)N(C)C)c1. The van der Waals surface area contributed by atoms with Crippen LogP contribution >= 0.6 is 11.5 Å². The fourth-order valence-electron chi connectivity index (χ4n) is 1.95. The van der Waals surface area contributed by atoms with Crippen molar-refractivity contribution in [2.45, 2.75) is 19.9 Å². The van der Waals surface area contributed by atoms with Crippen molar-refractivity contribution in [2.75, 3.05) is 14.1 Å². The topological polar surface area (TPSA) is 75.2 Å². The van der Waals surface area contributed by atoms with Gasteiger partial charge < -0.3 is 10.2 Å². The molecule has 22 heavy (non-hydrogen) atoms. The van der Waals surface area contributed by atoms with E-state index in [0.29, 0.717) is 29.1 Å². The van der Waals surface area contributed by atoms with Crippen LogP contribution in [0, 0.1) is 0 Å². The minimum atomic E-state index is -0.184. The monoisotopic (exact) mass is 318 g/mol. The fourth-order valence-corrected chi connectivity index (χ4v) is 2.61. The summed E-state index contributed by atoms with van der Waals surface area (Å²) in [6.07, 6.45) is 0.673. The summed E-state index contributed by atoms with van der Waals surface area (Å²) in [4.78, 5) is 26.1. The zero-order valence-corrected chi connectivity index (χ0v) is 13.6. The Bertz CT molecular complexity index is 682. The van der Waals surface area contributed by atoms with E-state index in [4.69, 9.17) is 0 Å². The number of amides is 2. The molecule has 0 saturated carbocycles. The van der Waals surface area contributed by atoms with E-state index in [-0.39, 0.29) is 11.8 Å². The van der Waals surface area contributed by atoms with Crippen LogP contribution < -0.4 is 5.32 Å². The van der Waals surface area contributed by atoms with Crippen LogP contribution in [0.2, 0.25) is 0 Å². The predicted molar refractivity (Wildman–Crippen MR) is 84.9 cm³/mol. The minimum absolute atomic E-state index is 0.0619. The molecule has 0 fully saturated rings. The highest BCUT2D eigenvalue weighted by Crippen LogP contribution is 2.12. The molecule has 0 aliphatic carbocycles. The van der Waals surface area contributed by atoms with Crippen LogP contribution in [0.25, 0.3) is 0 Å². The van der Waals surface area contributed by atoms with E-state index in [1.807, 2.05) is 19.1 Å². The van der Waals surface area contributed by atoms with Crippen LogP contribution in [0.4, 0.5) is 0 Å². The number of nitrogens with zero attached hydrogens (tertiary/aromatic N) is 3. The average molecular weight is 318 g/mol. The first-order chi connectivity index (χ1) is 10.5. The number of benzene rings is 1. The molecule has 0 bridgehead atoms. The summed E-state index contributed by atoms with van der Waals surface area (Å²) in [6, 6.07) is 7.23. The third-order valence-corrected chi connectivity index (χ3v) is 3.90. The number of carbonyl (C=O) groups excluding carboxylic acids is 2. The largest absolute Gasteiger partial charge is 0.347 e. The molecule has 0 radical (unpaired) electrons. The number of carbonyl (C=O) groups is 2. The molecule has 116 valence electrons. The van der Waals surface area contributed by atoms with Crippen molar-refractivity contribution in [1.29, 1.82) is 0 Å². The highest BCUT2D eigenvalue weighted by molar-refractivity contribution is 7.08. The fraction of sp³-hybridized carbons (Fsp3) is 0.333. The van der Waals surface area contributed by atoms with Crippen molar-refractivity contribution in [3.05, 3.63) is 46.0 Å². The van der Waals surface area contributed by atoms with E-state index in [0.717, 1.165) is 17.1 Å². The van der Waals surface area contributed by atoms with Crippen LogP contribution in [-0.2, 0) is 13.0 Å². The van der Waals surface area contributed by atoms with Crippen LogP contribution in [0.5, 0.6) is 0 Å². The lowest BCUT2D eigenvalue weighted by atomic mass is 10.1. The van der Waals surface area contributed by atoms with E-state index in [2.05, 4.69) is 14.9 Å². The van der Waals surface area contributed by atoms with E-state index in [1.165, 1.54) is 4.90 Å². The van der Waals surface area contributed by atoms with Crippen molar-refractivity contribution in [3.63, 3.8) is 0 Å². The predicted octanol–water partition coefficient (Wildman–Crippen LogP) is 1.73. The Hall–Kier alpha value is -2.28. The average Bonchev–Trinajstić information content (AvgIpc) is 3.00. The zero-order valence-electron chi connectivity index (χ0n) is 12.8. The van der Waals surface area contributed by atoms with Gasteiger partial charge in [0.15, 0.2) is 0 Å². The first-order valence-corrected chi connectivity index (χ1v) is 7.70. The quantitative estimate of drug-likeness (QED) is 0.911. The second-order valence-corrected chi connectivity index (χ2v) is 5.74. The molecular formula is C15H18N4O2S. The van der Waals surface area contributed by atoms with Gasteiger partial charge >= 0.3 is 0 Å². The summed E-state index contributed by atoms with van der Waals surface area (Å²) in [5.41, 5.74) is 2.18. The van der Waals surface area contributed by atoms with E-state index < -0.39 is 0 Å². The number of nitrogens with one attached hydrogen (secondary N) is 1. The summed E-state index contributed by atoms with van der Waals surface area (Å²) in [7, 11) is 3.42. The first kappa shape index (κ1) is 16.1. The van der Waals surface area contributed by atoms with Gasteiger partial charge in [-0.1, -0.05) is 23.5 Å². The van der Waals surface area contributed by atoms with Crippen molar-refractivity contribution in [1.82, 2.24) is 19.8 Å². The molecule has 7 heteroatoms. The van der Waals surface area contributed by atoms with Crippen LogP contribution in [0.15, 0.2) is 24.3 Å². The van der Waals surface area contributed by atoms with Crippen molar-refractivity contribution in [3.8, 4) is 0 Å². The molecule has 2 aromatic rings. The molecule has 0 aliphatic rings. The molecule has 1 heterocycles. The highest BCUT2D eigenvalue weighted by Gasteiger charge is 2.15. The maximum Gasteiger partial charge on any atom is 0.265 e. The molecule has 0 atom stereocenters. The van der Waals surface area contributed by atoms with Gasteiger partial charge in [0.05, 0.1) is 5.69 Å². The van der Waals surface area contributed by atoms with E-state index >= 15 is 0 Å². The Labute approximate surface area is 133 Å². The highest BCUT2D eigenvalue weighted by atomic mass is 32.1. The lowest BCUT2D eigenvalue weighted by Gasteiger charge is -2.11. The van der Waals surface area contributed by atoms with E-state index in [1.54, 1.807) is 26.2 Å². The van der Waals surface area contributed by atoms with Gasteiger partial charge in [0, 0.05) is 26.2 Å². The maximum atomic E-state index is 12.1. The van der Waals surface area contributed by atoms with Gasteiger partial charge in [0.25, 0.3) is 11.8 Å². The smallest absolute Gasteiger partial charge is 0.265 e. The van der Waals surface area contributed by atoms with Gasteiger partial charge in [-0.3, -0.25) is 9.59 Å². The maximum absolute atomic E-state index is 12.1.